The lowest BCUT2D eigenvalue weighted by Crippen LogP contribution is -2.33. The molecule has 1 saturated carbocycles. The van der Waals surface area contributed by atoms with Crippen molar-refractivity contribution in [1.82, 2.24) is 5.32 Å². The standard InChI is InChI=1S/C13H13BrFNO3/c14-8-2-4-11(15)10(6-8)12(17)16-9-3-1-7(5-9)13(18)19/h2,4,6-7,9H,1,3,5H2,(H,16,17)(H,18,19)/t7-,9+/m0/s1. The van der Waals surface area contributed by atoms with Gasteiger partial charge in [-0.3, -0.25) is 9.59 Å². The van der Waals surface area contributed by atoms with Crippen molar-refractivity contribution in [2.75, 3.05) is 0 Å². The van der Waals surface area contributed by atoms with E-state index in [9.17, 15) is 14.0 Å². The van der Waals surface area contributed by atoms with Gasteiger partial charge in [-0.15, -0.1) is 0 Å². The lowest BCUT2D eigenvalue weighted by atomic mass is 10.1. The summed E-state index contributed by atoms with van der Waals surface area (Å²) < 4.78 is 14.1. The van der Waals surface area contributed by atoms with Crippen LogP contribution in [0.5, 0.6) is 0 Å². The van der Waals surface area contributed by atoms with Gasteiger partial charge < -0.3 is 10.4 Å². The Bertz CT molecular complexity index is 521. The van der Waals surface area contributed by atoms with E-state index >= 15 is 0 Å². The highest BCUT2D eigenvalue weighted by Gasteiger charge is 2.31. The van der Waals surface area contributed by atoms with Gasteiger partial charge in [-0.2, -0.15) is 0 Å². The number of carbonyl (C=O) groups excluding carboxylic acids is 1. The Morgan fingerprint density at radius 3 is 2.74 bits per heavy atom. The highest BCUT2D eigenvalue weighted by molar-refractivity contribution is 9.10. The van der Waals surface area contributed by atoms with Crippen LogP contribution in [0.3, 0.4) is 0 Å². The molecule has 1 aliphatic rings. The zero-order valence-corrected chi connectivity index (χ0v) is 11.6. The van der Waals surface area contributed by atoms with E-state index in [2.05, 4.69) is 21.2 Å². The molecule has 2 atom stereocenters. The van der Waals surface area contributed by atoms with E-state index in [1.165, 1.54) is 18.2 Å². The van der Waals surface area contributed by atoms with Gasteiger partial charge in [-0.25, -0.2) is 4.39 Å². The lowest BCUT2D eigenvalue weighted by molar-refractivity contribution is -0.141. The number of halogens is 2. The number of carbonyl (C=O) groups is 2. The van der Waals surface area contributed by atoms with E-state index in [0.29, 0.717) is 23.7 Å². The molecule has 0 unspecified atom stereocenters. The zero-order chi connectivity index (χ0) is 14.0. The van der Waals surface area contributed by atoms with Gasteiger partial charge in [-0.1, -0.05) is 15.9 Å². The molecule has 1 aliphatic carbocycles. The summed E-state index contributed by atoms with van der Waals surface area (Å²) >= 11 is 3.18. The number of hydrogen-bond donors (Lipinski definition) is 2. The minimum Gasteiger partial charge on any atom is -0.481 e. The minimum absolute atomic E-state index is 0.0341. The number of nitrogens with one attached hydrogen (secondary N) is 1. The van der Waals surface area contributed by atoms with Crippen LogP contribution < -0.4 is 5.32 Å². The molecule has 102 valence electrons. The molecule has 2 N–H and O–H groups in total. The minimum atomic E-state index is -0.842. The molecule has 0 heterocycles. The molecule has 0 aliphatic heterocycles. The first-order valence-electron chi connectivity index (χ1n) is 5.96. The Morgan fingerprint density at radius 2 is 2.11 bits per heavy atom. The van der Waals surface area contributed by atoms with Crippen molar-refractivity contribution in [3.8, 4) is 0 Å². The molecule has 19 heavy (non-hydrogen) atoms. The molecule has 0 bridgehead atoms. The van der Waals surface area contributed by atoms with Gasteiger partial charge in [0.25, 0.3) is 5.91 Å². The normalized spacial score (nSPS) is 22.2. The summed E-state index contributed by atoms with van der Waals surface area (Å²) in [6.45, 7) is 0. The second kappa shape index (κ2) is 5.69. The summed E-state index contributed by atoms with van der Waals surface area (Å²) in [5, 5.41) is 11.6. The van der Waals surface area contributed by atoms with Crippen LogP contribution in [0.2, 0.25) is 0 Å². The van der Waals surface area contributed by atoms with Crippen LogP contribution in [0.15, 0.2) is 22.7 Å². The third-order valence-corrected chi connectivity index (χ3v) is 3.78. The number of aliphatic carboxylic acids is 1. The summed E-state index contributed by atoms with van der Waals surface area (Å²) in [6, 6.07) is 3.94. The van der Waals surface area contributed by atoms with E-state index in [4.69, 9.17) is 5.11 Å². The molecule has 0 spiro atoms. The monoisotopic (exact) mass is 329 g/mol. The second-order valence-electron chi connectivity index (χ2n) is 4.64. The Labute approximate surface area is 118 Å². The average molecular weight is 330 g/mol. The Kier molecular flexibility index (Phi) is 4.19. The molecule has 2 rings (SSSR count). The van der Waals surface area contributed by atoms with Gasteiger partial charge in [0.05, 0.1) is 11.5 Å². The molecule has 1 amide bonds. The number of hydrogen-bond acceptors (Lipinski definition) is 2. The number of carboxylic acid groups (broad SMARTS) is 1. The molecular weight excluding hydrogens is 317 g/mol. The summed E-state index contributed by atoms with van der Waals surface area (Å²) in [4.78, 5) is 22.8. The Morgan fingerprint density at radius 1 is 1.37 bits per heavy atom. The van der Waals surface area contributed by atoms with Gasteiger partial charge in [0.2, 0.25) is 0 Å². The van der Waals surface area contributed by atoms with Crippen molar-refractivity contribution < 1.29 is 19.1 Å². The van der Waals surface area contributed by atoms with E-state index < -0.39 is 23.6 Å². The van der Waals surface area contributed by atoms with Crippen LogP contribution in [-0.4, -0.2) is 23.0 Å². The Hall–Kier alpha value is -1.43. The highest BCUT2D eigenvalue weighted by atomic mass is 79.9. The third-order valence-electron chi connectivity index (χ3n) is 3.29. The van der Waals surface area contributed by atoms with E-state index in [0.717, 1.165) is 0 Å². The number of benzene rings is 1. The van der Waals surface area contributed by atoms with Crippen molar-refractivity contribution in [2.24, 2.45) is 5.92 Å². The maximum Gasteiger partial charge on any atom is 0.306 e. The van der Waals surface area contributed by atoms with Gasteiger partial charge in [-0.05, 0) is 37.5 Å². The fourth-order valence-electron chi connectivity index (χ4n) is 2.27. The first-order chi connectivity index (χ1) is 8.97. The van der Waals surface area contributed by atoms with Crippen molar-refractivity contribution in [3.05, 3.63) is 34.1 Å². The molecular formula is C13H13BrFNO3. The second-order valence-corrected chi connectivity index (χ2v) is 5.56. The maximum atomic E-state index is 13.5. The van der Waals surface area contributed by atoms with Crippen molar-refractivity contribution in [2.45, 2.75) is 25.3 Å². The predicted octanol–water partition coefficient (Wildman–Crippen LogP) is 2.57. The molecule has 1 aromatic carbocycles. The smallest absolute Gasteiger partial charge is 0.306 e. The zero-order valence-electron chi connectivity index (χ0n) is 10.0. The third kappa shape index (κ3) is 3.32. The average Bonchev–Trinajstić information content (AvgIpc) is 2.80. The molecule has 4 nitrogen and oxygen atoms in total. The molecule has 0 aromatic heterocycles. The number of rotatable bonds is 3. The molecule has 0 saturated heterocycles. The lowest BCUT2D eigenvalue weighted by Gasteiger charge is -2.13. The van der Waals surface area contributed by atoms with Crippen molar-refractivity contribution >= 4 is 27.8 Å². The highest BCUT2D eigenvalue weighted by Crippen LogP contribution is 2.26. The van der Waals surface area contributed by atoms with E-state index in [-0.39, 0.29) is 11.6 Å². The first-order valence-corrected chi connectivity index (χ1v) is 6.75. The van der Waals surface area contributed by atoms with Crippen LogP contribution in [0.25, 0.3) is 0 Å². The molecule has 6 heteroatoms. The Balaban J connectivity index is 2.02. The summed E-state index contributed by atoms with van der Waals surface area (Å²) in [6.07, 6.45) is 1.55. The summed E-state index contributed by atoms with van der Waals surface area (Å²) in [5.74, 6) is -2.36. The summed E-state index contributed by atoms with van der Waals surface area (Å²) in [7, 11) is 0. The van der Waals surface area contributed by atoms with Crippen LogP contribution in [0.4, 0.5) is 4.39 Å². The van der Waals surface area contributed by atoms with Gasteiger partial charge >= 0.3 is 5.97 Å². The predicted molar refractivity (Wildman–Crippen MR) is 70.3 cm³/mol. The van der Waals surface area contributed by atoms with Crippen LogP contribution in [0.1, 0.15) is 29.6 Å². The fraction of sp³-hybridized carbons (Fsp3) is 0.385. The van der Waals surface area contributed by atoms with E-state index in [1.807, 2.05) is 0 Å². The largest absolute Gasteiger partial charge is 0.481 e. The van der Waals surface area contributed by atoms with Crippen LogP contribution in [-0.2, 0) is 4.79 Å². The van der Waals surface area contributed by atoms with Crippen LogP contribution in [0, 0.1) is 11.7 Å². The maximum absolute atomic E-state index is 13.5. The molecule has 1 aromatic rings. The van der Waals surface area contributed by atoms with Gasteiger partial charge in [0.15, 0.2) is 0 Å². The topological polar surface area (TPSA) is 66.4 Å². The van der Waals surface area contributed by atoms with Crippen molar-refractivity contribution in [1.29, 1.82) is 0 Å². The SMILES string of the molecule is O=C(N[C@@H]1CC[C@H](C(=O)O)C1)c1cc(Br)ccc1F. The number of amides is 1. The quantitative estimate of drug-likeness (QED) is 0.895. The fourth-order valence-corrected chi connectivity index (χ4v) is 2.63. The first kappa shape index (κ1) is 14.0. The summed E-state index contributed by atoms with van der Waals surface area (Å²) in [5.41, 5.74) is -0.0341. The van der Waals surface area contributed by atoms with Gasteiger partial charge in [0, 0.05) is 10.5 Å². The van der Waals surface area contributed by atoms with Crippen molar-refractivity contribution in [3.63, 3.8) is 0 Å². The van der Waals surface area contributed by atoms with Crippen LogP contribution >= 0.6 is 15.9 Å². The molecule has 0 radical (unpaired) electrons. The number of carboxylic acids is 1. The van der Waals surface area contributed by atoms with Gasteiger partial charge in [0.1, 0.15) is 5.82 Å². The molecule has 1 fully saturated rings. The van der Waals surface area contributed by atoms with E-state index in [1.54, 1.807) is 0 Å².